The van der Waals surface area contributed by atoms with Gasteiger partial charge < -0.3 is 13.7 Å². The maximum Gasteiger partial charge on any atom is 0.136 e. The van der Waals surface area contributed by atoms with E-state index in [1.165, 1.54) is 33.4 Å². The number of furan rings is 2. The Morgan fingerprint density at radius 2 is 0.729 bits per heavy atom. The number of hydrogen-bond donors (Lipinski definition) is 0. The molecule has 11 aromatic carbocycles. The van der Waals surface area contributed by atoms with Crippen LogP contribution in [0, 0.1) is 0 Å². The first-order valence-electron chi connectivity index (χ1n) is 24.0. The lowest BCUT2D eigenvalue weighted by atomic mass is 9.68. The molecule has 3 heteroatoms. The minimum Gasteiger partial charge on any atom is -0.456 e. The molecule has 1 aliphatic rings. The minimum atomic E-state index is -0.478. The van der Waals surface area contributed by atoms with Crippen molar-refractivity contribution in [2.75, 3.05) is 4.90 Å². The lowest BCUT2D eigenvalue weighted by molar-refractivity contribution is 0.668. The predicted molar refractivity (Wildman–Crippen MR) is 289 cm³/mol. The van der Waals surface area contributed by atoms with E-state index < -0.39 is 5.41 Å². The molecule has 3 nitrogen and oxygen atoms in total. The number of para-hydroxylation sites is 2. The Balaban J connectivity index is 0.883. The smallest absolute Gasteiger partial charge is 0.136 e. The molecule has 328 valence electrons. The summed E-state index contributed by atoms with van der Waals surface area (Å²) in [6, 6.07) is 94.4. The van der Waals surface area contributed by atoms with Crippen molar-refractivity contribution in [2.45, 2.75) is 5.41 Å². The number of rotatable bonds is 8. The Labute approximate surface area is 405 Å². The average molecular weight is 894 g/mol. The first-order valence-corrected chi connectivity index (χ1v) is 24.0. The van der Waals surface area contributed by atoms with Crippen molar-refractivity contribution in [3.05, 3.63) is 283 Å². The molecule has 2 heterocycles. The van der Waals surface area contributed by atoms with Gasteiger partial charge in [0.15, 0.2) is 0 Å². The molecule has 2 aromatic heterocycles. The Kier molecular flexibility index (Phi) is 9.11. The van der Waals surface area contributed by atoms with Gasteiger partial charge in [0.25, 0.3) is 0 Å². The van der Waals surface area contributed by atoms with Crippen LogP contribution in [0.5, 0.6) is 0 Å². The molecule has 13 aromatic rings. The van der Waals surface area contributed by atoms with Crippen LogP contribution in [0.4, 0.5) is 17.1 Å². The van der Waals surface area contributed by atoms with Crippen LogP contribution in [-0.4, -0.2) is 0 Å². The first-order chi connectivity index (χ1) is 34.7. The molecule has 0 saturated carbocycles. The SMILES string of the molecule is c1ccc(C2(c3ccccc3)c3ccccc3-c3cc(N(c4ccc(-c5cccc(-c6ccc7oc8ccccc8c7c6)c5)cc4)c4ccc(-c5ccc6c(c5)oc5ccccc56)cc4)ccc32)cc1. The van der Waals surface area contributed by atoms with Crippen molar-refractivity contribution in [2.24, 2.45) is 0 Å². The topological polar surface area (TPSA) is 29.5 Å². The summed E-state index contributed by atoms with van der Waals surface area (Å²) in [5.74, 6) is 0. The van der Waals surface area contributed by atoms with E-state index in [-0.39, 0.29) is 0 Å². The normalized spacial score (nSPS) is 12.7. The van der Waals surface area contributed by atoms with Crippen molar-refractivity contribution in [1.82, 2.24) is 0 Å². The average Bonchev–Trinajstić information content (AvgIpc) is 4.10. The molecule has 0 fully saturated rings. The molecule has 14 rings (SSSR count). The Morgan fingerprint density at radius 1 is 0.257 bits per heavy atom. The van der Waals surface area contributed by atoms with E-state index in [2.05, 4.69) is 241 Å². The summed E-state index contributed by atoms with van der Waals surface area (Å²) >= 11 is 0. The first kappa shape index (κ1) is 39.9. The van der Waals surface area contributed by atoms with Crippen molar-refractivity contribution >= 4 is 60.9 Å². The van der Waals surface area contributed by atoms with Crippen LogP contribution in [-0.2, 0) is 5.41 Å². The van der Waals surface area contributed by atoms with Crippen LogP contribution in [0.1, 0.15) is 22.3 Å². The zero-order valence-electron chi connectivity index (χ0n) is 38.1. The number of anilines is 3. The Morgan fingerprint density at radius 3 is 1.41 bits per heavy atom. The van der Waals surface area contributed by atoms with Crippen LogP contribution >= 0.6 is 0 Å². The third-order valence-corrected chi connectivity index (χ3v) is 14.6. The van der Waals surface area contributed by atoms with E-state index in [1.54, 1.807) is 0 Å². The summed E-state index contributed by atoms with van der Waals surface area (Å²) in [5.41, 5.74) is 20.8. The van der Waals surface area contributed by atoms with Crippen LogP contribution in [0.15, 0.2) is 270 Å². The summed E-state index contributed by atoms with van der Waals surface area (Å²) in [5, 5.41) is 4.53. The van der Waals surface area contributed by atoms with Crippen molar-refractivity contribution in [3.8, 4) is 44.5 Å². The molecule has 0 unspecified atom stereocenters. The van der Waals surface area contributed by atoms with E-state index in [9.17, 15) is 0 Å². The van der Waals surface area contributed by atoms with Gasteiger partial charge in [-0.25, -0.2) is 0 Å². The zero-order chi connectivity index (χ0) is 46.2. The third kappa shape index (κ3) is 6.29. The fourth-order valence-corrected chi connectivity index (χ4v) is 11.3. The molecule has 70 heavy (non-hydrogen) atoms. The molecule has 0 amide bonds. The largest absolute Gasteiger partial charge is 0.456 e. The number of fused-ring (bicyclic) bond motifs is 9. The highest BCUT2D eigenvalue weighted by Gasteiger charge is 2.46. The molecule has 0 N–H and O–H groups in total. The number of nitrogens with zero attached hydrogens (tertiary/aromatic N) is 1. The molecule has 0 saturated heterocycles. The van der Waals surface area contributed by atoms with Gasteiger partial charge >= 0.3 is 0 Å². The highest BCUT2D eigenvalue weighted by Crippen LogP contribution is 2.57. The Hall–Kier alpha value is -9.18. The maximum absolute atomic E-state index is 6.31. The summed E-state index contributed by atoms with van der Waals surface area (Å²) in [4.78, 5) is 2.39. The van der Waals surface area contributed by atoms with Gasteiger partial charge in [-0.1, -0.05) is 182 Å². The van der Waals surface area contributed by atoms with E-state index in [4.69, 9.17) is 8.83 Å². The van der Waals surface area contributed by atoms with Gasteiger partial charge in [-0.2, -0.15) is 0 Å². The van der Waals surface area contributed by atoms with Gasteiger partial charge in [-0.3, -0.25) is 0 Å². The fourth-order valence-electron chi connectivity index (χ4n) is 11.3. The summed E-state index contributed by atoms with van der Waals surface area (Å²) in [6.45, 7) is 0. The van der Waals surface area contributed by atoms with Crippen LogP contribution < -0.4 is 4.90 Å². The number of benzene rings is 11. The third-order valence-electron chi connectivity index (χ3n) is 14.6. The zero-order valence-corrected chi connectivity index (χ0v) is 38.1. The quantitative estimate of drug-likeness (QED) is 0.152. The second-order valence-electron chi connectivity index (χ2n) is 18.4. The van der Waals surface area contributed by atoms with Crippen molar-refractivity contribution in [3.63, 3.8) is 0 Å². The van der Waals surface area contributed by atoms with Crippen LogP contribution in [0.2, 0.25) is 0 Å². The molecular weight excluding hydrogens is 851 g/mol. The second kappa shape index (κ2) is 16.0. The van der Waals surface area contributed by atoms with E-state index >= 15 is 0 Å². The highest BCUT2D eigenvalue weighted by atomic mass is 16.3. The minimum absolute atomic E-state index is 0.478. The van der Waals surface area contributed by atoms with Crippen LogP contribution in [0.3, 0.4) is 0 Å². The molecule has 0 radical (unpaired) electrons. The van der Waals surface area contributed by atoms with Gasteiger partial charge in [0.1, 0.15) is 22.3 Å². The van der Waals surface area contributed by atoms with E-state index in [1.807, 2.05) is 24.3 Å². The van der Waals surface area contributed by atoms with Gasteiger partial charge in [0.05, 0.1) is 5.41 Å². The van der Waals surface area contributed by atoms with E-state index in [0.717, 1.165) is 94.3 Å². The lowest BCUT2D eigenvalue weighted by Crippen LogP contribution is -2.28. The van der Waals surface area contributed by atoms with Crippen LogP contribution in [0.25, 0.3) is 88.4 Å². The molecule has 0 bridgehead atoms. The van der Waals surface area contributed by atoms with E-state index in [0.29, 0.717) is 0 Å². The van der Waals surface area contributed by atoms with Gasteiger partial charge in [0.2, 0.25) is 0 Å². The van der Waals surface area contributed by atoms with Gasteiger partial charge in [-0.15, -0.1) is 0 Å². The van der Waals surface area contributed by atoms with Crippen molar-refractivity contribution in [1.29, 1.82) is 0 Å². The highest BCUT2D eigenvalue weighted by molar-refractivity contribution is 6.07. The maximum atomic E-state index is 6.31. The number of hydrogen-bond acceptors (Lipinski definition) is 3. The second-order valence-corrected chi connectivity index (χ2v) is 18.4. The monoisotopic (exact) mass is 893 g/mol. The Bertz CT molecular complexity index is 4070. The molecular formula is C67H43NO2. The molecule has 0 aliphatic heterocycles. The predicted octanol–water partition coefficient (Wildman–Crippen LogP) is 18.3. The molecule has 0 spiro atoms. The van der Waals surface area contributed by atoms with Crippen molar-refractivity contribution < 1.29 is 8.83 Å². The summed E-state index contributed by atoms with van der Waals surface area (Å²) in [6.07, 6.45) is 0. The summed E-state index contributed by atoms with van der Waals surface area (Å²) in [7, 11) is 0. The standard InChI is InChI=1S/C67H43NO2/c1-3-16-50(17-4-1)67(51-18-5-2-6-19-51)61-23-10-7-20-55(61)59-43-54(36-38-62(59)67)68(53-34-28-45(29-35-53)49-30-37-58-56-21-8-11-24-63(56)70-66(58)42-49)52-32-26-44(27-33-52)46-14-13-15-47(40-46)48-31-39-65-60(41-48)57-22-9-12-25-64(57)69-65/h1-43H. The van der Waals surface area contributed by atoms with Gasteiger partial charge in [0, 0.05) is 38.6 Å². The summed E-state index contributed by atoms with van der Waals surface area (Å²) < 4.78 is 12.5. The van der Waals surface area contributed by atoms with Gasteiger partial charge in [-0.05, 0) is 146 Å². The molecule has 1 aliphatic carbocycles. The molecule has 0 atom stereocenters. The lowest BCUT2D eigenvalue weighted by Gasteiger charge is -2.34. The fraction of sp³-hybridized carbons (Fsp3) is 0.0149.